The SMILES string of the molecule is CC.CCC(=NCC(C)C)c1cccc(C(F)(F)F)c1. The Kier molecular flexibility index (Phi) is 8.19. The van der Waals surface area contributed by atoms with Gasteiger partial charge < -0.3 is 0 Å². The zero-order chi connectivity index (χ0) is 15.8. The summed E-state index contributed by atoms with van der Waals surface area (Å²) in [6.07, 6.45) is -3.67. The molecule has 0 aromatic heterocycles. The van der Waals surface area contributed by atoms with Gasteiger partial charge in [-0.15, -0.1) is 0 Å². The number of hydrogen-bond acceptors (Lipinski definition) is 1. The molecule has 0 aliphatic carbocycles. The molecule has 1 rings (SSSR count). The van der Waals surface area contributed by atoms with E-state index in [1.165, 1.54) is 12.1 Å². The van der Waals surface area contributed by atoms with Gasteiger partial charge in [0.1, 0.15) is 0 Å². The highest BCUT2D eigenvalue weighted by molar-refractivity contribution is 6.00. The fourth-order valence-electron chi connectivity index (χ4n) is 1.58. The average molecular weight is 287 g/mol. The highest BCUT2D eigenvalue weighted by atomic mass is 19.4. The second-order valence-corrected chi connectivity index (χ2v) is 4.61. The maximum Gasteiger partial charge on any atom is 0.416 e. The van der Waals surface area contributed by atoms with Crippen molar-refractivity contribution in [3.8, 4) is 0 Å². The van der Waals surface area contributed by atoms with Gasteiger partial charge in [-0.3, -0.25) is 4.99 Å². The Bertz CT molecular complexity index is 420. The molecule has 0 fully saturated rings. The molecule has 4 heteroatoms. The Balaban J connectivity index is 0.00000172. The zero-order valence-corrected chi connectivity index (χ0v) is 12.9. The van der Waals surface area contributed by atoms with Crippen LogP contribution in [0.4, 0.5) is 13.2 Å². The summed E-state index contributed by atoms with van der Waals surface area (Å²) < 4.78 is 37.8. The lowest BCUT2D eigenvalue weighted by atomic mass is 10.0. The summed E-state index contributed by atoms with van der Waals surface area (Å²) in [6, 6.07) is 5.36. The first-order chi connectivity index (χ1) is 9.34. The summed E-state index contributed by atoms with van der Waals surface area (Å²) in [7, 11) is 0. The molecule has 0 spiro atoms. The van der Waals surface area contributed by atoms with Gasteiger partial charge in [0.2, 0.25) is 0 Å². The molecule has 0 radical (unpaired) electrons. The third kappa shape index (κ3) is 6.22. The van der Waals surface area contributed by atoms with E-state index in [0.717, 1.165) is 11.8 Å². The van der Waals surface area contributed by atoms with Gasteiger partial charge in [-0.25, -0.2) is 0 Å². The summed E-state index contributed by atoms with van der Waals surface area (Å²) in [5.74, 6) is 0.400. The van der Waals surface area contributed by atoms with Crippen molar-refractivity contribution in [1.29, 1.82) is 0 Å². The Morgan fingerprint density at radius 2 is 1.80 bits per heavy atom. The quantitative estimate of drug-likeness (QED) is 0.640. The van der Waals surface area contributed by atoms with Crippen molar-refractivity contribution in [2.75, 3.05) is 6.54 Å². The summed E-state index contributed by atoms with van der Waals surface area (Å²) in [6.45, 7) is 10.6. The number of aliphatic imine (C=N–C) groups is 1. The Labute approximate surface area is 119 Å². The van der Waals surface area contributed by atoms with Crippen molar-refractivity contribution < 1.29 is 13.2 Å². The predicted octanol–water partition coefficient (Wildman–Crippen LogP) is 5.59. The molecule has 1 aromatic rings. The van der Waals surface area contributed by atoms with Crippen LogP contribution in [0.2, 0.25) is 0 Å². The van der Waals surface area contributed by atoms with E-state index in [1.807, 2.05) is 34.6 Å². The maximum atomic E-state index is 12.6. The summed E-state index contributed by atoms with van der Waals surface area (Å²) in [5, 5.41) is 0. The van der Waals surface area contributed by atoms with Crippen LogP contribution in [0.5, 0.6) is 0 Å². The second kappa shape index (κ2) is 8.77. The normalized spacial score (nSPS) is 12.2. The first-order valence-electron chi connectivity index (χ1n) is 7.05. The summed E-state index contributed by atoms with van der Waals surface area (Å²) >= 11 is 0. The van der Waals surface area contributed by atoms with Crippen LogP contribution in [0.3, 0.4) is 0 Å². The van der Waals surface area contributed by atoms with Crippen LogP contribution >= 0.6 is 0 Å². The Morgan fingerprint density at radius 3 is 2.25 bits per heavy atom. The molecule has 1 aromatic carbocycles. The van der Waals surface area contributed by atoms with Gasteiger partial charge in [0, 0.05) is 12.3 Å². The topological polar surface area (TPSA) is 12.4 Å². The Morgan fingerprint density at radius 1 is 1.20 bits per heavy atom. The van der Waals surface area contributed by atoms with Crippen molar-refractivity contribution in [3.63, 3.8) is 0 Å². The van der Waals surface area contributed by atoms with Gasteiger partial charge in [0.25, 0.3) is 0 Å². The molecule has 20 heavy (non-hydrogen) atoms. The van der Waals surface area contributed by atoms with Crippen LogP contribution in [-0.4, -0.2) is 12.3 Å². The van der Waals surface area contributed by atoms with E-state index < -0.39 is 11.7 Å². The maximum absolute atomic E-state index is 12.6. The van der Waals surface area contributed by atoms with E-state index >= 15 is 0 Å². The van der Waals surface area contributed by atoms with E-state index in [-0.39, 0.29) is 0 Å². The second-order valence-electron chi connectivity index (χ2n) is 4.61. The number of alkyl halides is 3. The van der Waals surface area contributed by atoms with Gasteiger partial charge in [-0.05, 0) is 30.0 Å². The number of halogens is 3. The molecule has 0 heterocycles. The molecule has 0 unspecified atom stereocenters. The summed E-state index contributed by atoms with van der Waals surface area (Å²) in [4.78, 5) is 4.38. The fourth-order valence-corrected chi connectivity index (χ4v) is 1.58. The first-order valence-corrected chi connectivity index (χ1v) is 7.05. The minimum atomic E-state index is -4.30. The number of benzene rings is 1. The van der Waals surface area contributed by atoms with E-state index in [1.54, 1.807) is 6.07 Å². The molecule has 0 atom stereocenters. The highest BCUT2D eigenvalue weighted by Crippen LogP contribution is 2.29. The lowest BCUT2D eigenvalue weighted by Crippen LogP contribution is -2.08. The van der Waals surface area contributed by atoms with Crippen LogP contribution in [0.15, 0.2) is 29.3 Å². The molecular formula is C16H24F3N. The van der Waals surface area contributed by atoms with Gasteiger partial charge in [0.15, 0.2) is 0 Å². The minimum absolute atomic E-state index is 0.400. The molecule has 114 valence electrons. The van der Waals surface area contributed by atoms with Crippen molar-refractivity contribution in [2.45, 2.75) is 47.2 Å². The van der Waals surface area contributed by atoms with Crippen LogP contribution in [0, 0.1) is 5.92 Å². The van der Waals surface area contributed by atoms with E-state index in [4.69, 9.17) is 0 Å². The summed E-state index contributed by atoms with van der Waals surface area (Å²) in [5.41, 5.74) is 0.675. The van der Waals surface area contributed by atoms with Crippen LogP contribution in [0.25, 0.3) is 0 Å². The Hall–Kier alpha value is -1.32. The van der Waals surface area contributed by atoms with Gasteiger partial charge in [0.05, 0.1) is 5.56 Å². The van der Waals surface area contributed by atoms with Gasteiger partial charge in [-0.1, -0.05) is 46.8 Å². The first kappa shape index (κ1) is 18.7. The standard InChI is InChI=1S/C14H18F3N.C2H6/c1-4-13(18-9-10(2)3)11-6-5-7-12(8-11)14(15,16)17;1-2/h5-8,10H,4,9H2,1-3H3;1-2H3. The lowest BCUT2D eigenvalue weighted by Gasteiger charge is -2.10. The molecule has 0 bridgehead atoms. The monoisotopic (exact) mass is 287 g/mol. The van der Waals surface area contributed by atoms with Crippen molar-refractivity contribution in [1.82, 2.24) is 0 Å². The largest absolute Gasteiger partial charge is 0.416 e. The fraction of sp³-hybridized carbons (Fsp3) is 0.562. The molecule has 0 amide bonds. The van der Waals surface area contributed by atoms with Crippen molar-refractivity contribution >= 4 is 5.71 Å². The van der Waals surface area contributed by atoms with Crippen LogP contribution < -0.4 is 0 Å². The molecule has 0 saturated carbocycles. The highest BCUT2D eigenvalue weighted by Gasteiger charge is 2.30. The predicted molar refractivity (Wildman–Crippen MR) is 79.3 cm³/mol. The van der Waals surface area contributed by atoms with E-state index in [2.05, 4.69) is 4.99 Å². The smallest absolute Gasteiger partial charge is 0.289 e. The minimum Gasteiger partial charge on any atom is -0.289 e. The molecule has 0 saturated heterocycles. The molecule has 0 aliphatic rings. The third-order valence-corrected chi connectivity index (χ3v) is 2.51. The van der Waals surface area contributed by atoms with E-state index in [0.29, 0.717) is 24.4 Å². The van der Waals surface area contributed by atoms with Gasteiger partial charge >= 0.3 is 6.18 Å². The molecule has 0 aliphatic heterocycles. The number of rotatable bonds is 4. The van der Waals surface area contributed by atoms with E-state index in [9.17, 15) is 13.2 Å². The molecule has 0 N–H and O–H groups in total. The van der Waals surface area contributed by atoms with Crippen LogP contribution in [-0.2, 0) is 6.18 Å². The zero-order valence-electron chi connectivity index (χ0n) is 12.9. The lowest BCUT2D eigenvalue weighted by molar-refractivity contribution is -0.137. The molecule has 1 nitrogen and oxygen atoms in total. The number of hydrogen-bond donors (Lipinski definition) is 0. The number of nitrogens with zero attached hydrogens (tertiary/aromatic N) is 1. The molecular weight excluding hydrogens is 263 g/mol. The average Bonchev–Trinajstić information content (AvgIpc) is 2.41. The van der Waals surface area contributed by atoms with Crippen LogP contribution in [0.1, 0.15) is 52.2 Å². The third-order valence-electron chi connectivity index (χ3n) is 2.51. The van der Waals surface area contributed by atoms with Gasteiger partial charge in [-0.2, -0.15) is 13.2 Å². The van der Waals surface area contributed by atoms with Crippen molar-refractivity contribution in [2.24, 2.45) is 10.9 Å². The van der Waals surface area contributed by atoms with Crippen molar-refractivity contribution in [3.05, 3.63) is 35.4 Å².